The molecule has 2 atom stereocenters. The van der Waals surface area contributed by atoms with Crippen LogP contribution in [-0.4, -0.2) is 29.7 Å². The van der Waals surface area contributed by atoms with Gasteiger partial charge in [0.05, 0.1) is 6.10 Å². The average Bonchev–Trinajstić information content (AvgIpc) is 2.23. The molecule has 0 aliphatic rings. The Morgan fingerprint density at radius 2 is 1.83 bits per heavy atom. The molecule has 0 aliphatic carbocycles. The lowest BCUT2D eigenvalue weighted by Gasteiger charge is -2.22. The third kappa shape index (κ3) is 8.06. The summed E-state index contributed by atoms with van der Waals surface area (Å²) in [6.07, 6.45) is 1.04. The minimum atomic E-state index is -0.784. The minimum absolute atomic E-state index is 0.102. The number of ether oxygens (including phenoxy) is 2. The van der Waals surface area contributed by atoms with Crippen LogP contribution in [0.2, 0.25) is 0 Å². The van der Waals surface area contributed by atoms with E-state index in [2.05, 4.69) is 0 Å². The summed E-state index contributed by atoms with van der Waals surface area (Å²) in [5, 5.41) is 0. The molecule has 0 saturated carbocycles. The molecule has 0 fully saturated rings. The average molecular weight is 259 g/mol. The van der Waals surface area contributed by atoms with Crippen LogP contribution in [0.1, 0.15) is 53.9 Å². The van der Waals surface area contributed by atoms with Gasteiger partial charge >= 0.3 is 11.9 Å². The van der Waals surface area contributed by atoms with Crippen molar-refractivity contribution >= 4 is 11.9 Å². The predicted octanol–water partition coefficient (Wildman–Crippen LogP) is 1.78. The van der Waals surface area contributed by atoms with Gasteiger partial charge in [-0.25, -0.2) is 0 Å². The van der Waals surface area contributed by atoms with Crippen LogP contribution in [0.3, 0.4) is 0 Å². The zero-order valence-corrected chi connectivity index (χ0v) is 12.0. The second kappa shape index (κ2) is 7.36. The van der Waals surface area contributed by atoms with Gasteiger partial charge in [-0.05, 0) is 40.5 Å². The van der Waals surface area contributed by atoms with Crippen molar-refractivity contribution in [3.05, 3.63) is 0 Å². The zero-order valence-electron chi connectivity index (χ0n) is 12.0. The van der Waals surface area contributed by atoms with Gasteiger partial charge in [-0.15, -0.1) is 0 Å². The second-order valence-corrected chi connectivity index (χ2v) is 5.39. The van der Waals surface area contributed by atoms with E-state index in [1.54, 1.807) is 20.8 Å². The van der Waals surface area contributed by atoms with Crippen LogP contribution in [0.25, 0.3) is 0 Å². The number of hydrogen-bond donors (Lipinski definition) is 1. The molecule has 0 spiro atoms. The molecular formula is C13H25NO4. The molecule has 18 heavy (non-hydrogen) atoms. The molecule has 2 unspecified atom stereocenters. The van der Waals surface area contributed by atoms with Crippen LogP contribution < -0.4 is 5.73 Å². The molecule has 0 aromatic heterocycles. The zero-order chi connectivity index (χ0) is 14.3. The quantitative estimate of drug-likeness (QED) is 0.735. The second-order valence-electron chi connectivity index (χ2n) is 5.39. The van der Waals surface area contributed by atoms with Crippen molar-refractivity contribution in [1.29, 1.82) is 0 Å². The van der Waals surface area contributed by atoms with E-state index in [0.29, 0.717) is 0 Å². The molecule has 0 radical (unpaired) electrons. The van der Waals surface area contributed by atoms with Crippen LogP contribution >= 0.6 is 0 Å². The molecule has 0 saturated heterocycles. The van der Waals surface area contributed by atoms with Crippen molar-refractivity contribution in [1.82, 2.24) is 0 Å². The fourth-order valence-corrected chi connectivity index (χ4v) is 1.14. The van der Waals surface area contributed by atoms with Gasteiger partial charge < -0.3 is 15.2 Å². The number of carbonyl (C=O) groups is 2. The van der Waals surface area contributed by atoms with Gasteiger partial charge in [0.25, 0.3) is 0 Å². The highest BCUT2D eigenvalue weighted by molar-refractivity contribution is 5.77. The number of carbonyl (C=O) groups excluding carboxylic acids is 2. The Morgan fingerprint density at radius 1 is 1.28 bits per heavy atom. The third-order valence-electron chi connectivity index (χ3n) is 2.28. The van der Waals surface area contributed by atoms with Crippen LogP contribution in [0.4, 0.5) is 0 Å². The normalized spacial score (nSPS) is 14.8. The summed E-state index contributed by atoms with van der Waals surface area (Å²) >= 11 is 0. The molecule has 2 N–H and O–H groups in total. The van der Waals surface area contributed by atoms with Gasteiger partial charge in [0.15, 0.2) is 0 Å². The number of esters is 2. The highest BCUT2D eigenvalue weighted by atomic mass is 16.6. The van der Waals surface area contributed by atoms with Crippen molar-refractivity contribution in [2.45, 2.75) is 71.6 Å². The Bertz CT molecular complexity index is 283. The molecule has 0 heterocycles. The third-order valence-corrected chi connectivity index (χ3v) is 2.28. The maximum atomic E-state index is 11.6. The highest BCUT2D eigenvalue weighted by Gasteiger charge is 2.23. The Labute approximate surface area is 109 Å². The fraction of sp³-hybridized carbons (Fsp3) is 0.846. The standard InChI is InChI=1S/C13H25NO4/c1-6-9(2)17-11(15)8-7-10(14)12(16)18-13(3,4)5/h9-10H,6-8,14H2,1-5H3. The van der Waals surface area contributed by atoms with E-state index < -0.39 is 17.6 Å². The van der Waals surface area contributed by atoms with Gasteiger partial charge in [-0.2, -0.15) is 0 Å². The topological polar surface area (TPSA) is 78.6 Å². The molecule has 0 rings (SSSR count). The summed E-state index contributed by atoms with van der Waals surface area (Å²) in [7, 11) is 0. The van der Waals surface area contributed by atoms with Gasteiger partial charge in [0.2, 0.25) is 0 Å². The maximum absolute atomic E-state index is 11.6. The Kier molecular flexibility index (Phi) is 6.91. The molecule has 5 nitrogen and oxygen atoms in total. The summed E-state index contributed by atoms with van der Waals surface area (Å²) in [5.41, 5.74) is 5.09. The van der Waals surface area contributed by atoms with Gasteiger partial charge in [0.1, 0.15) is 11.6 Å². The predicted molar refractivity (Wildman–Crippen MR) is 68.9 cm³/mol. The van der Waals surface area contributed by atoms with E-state index in [9.17, 15) is 9.59 Å². The minimum Gasteiger partial charge on any atom is -0.463 e. The van der Waals surface area contributed by atoms with E-state index in [-0.39, 0.29) is 24.9 Å². The summed E-state index contributed by atoms with van der Waals surface area (Å²) in [6.45, 7) is 9.08. The first-order valence-corrected chi connectivity index (χ1v) is 6.33. The van der Waals surface area contributed by atoms with Crippen molar-refractivity contribution in [2.24, 2.45) is 5.73 Å². The lowest BCUT2D eigenvalue weighted by Crippen LogP contribution is -2.37. The SMILES string of the molecule is CCC(C)OC(=O)CCC(N)C(=O)OC(C)(C)C. The van der Waals surface area contributed by atoms with E-state index >= 15 is 0 Å². The number of hydrogen-bond acceptors (Lipinski definition) is 5. The summed E-state index contributed by atoms with van der Waals surface area (Å²) in [5.74, 6) is -0.817. The Hall–Kier alpha value is -1.10. The molecule has 0 aliphatic heterocycles. The van der Waals surface area contributed by atoms with Crippen molar-refractivity contribution in [2.75, 3.05) is 0 Å². The Balaban J connectivity index is 3.99. The molecule has 0 aromatic rings. The van der Waals surface area contributed by atoms with E-state index in [0.717, 1.165) is 6.42 Å². The van der Waals surface area contributed by atoms with E-state index in [1.165, 1.54) is 0 Å². The van der Waals surface area contributed by atoms with Crippen LogP contribution in [0, 0.1) is 0 Å². The number of nitrogens with two attached hydrogens (primary N) is 1. The first-order chi connectivity index (χ1) is 8.15. The van der Waals surface area contributed by atoms with E-state index in [4.69, 9.17) is 15.2 Å². The van der Waals surface area contributed by atoms with Crippen LogP contribution in [0.15, 0.2) is 0 Å². The van der Waals surface area contributed by atoms with Crippen molar-refractivity contribution < 1.29 is 19.1 Å². The van der Waals surface area contributed by atoms with Gasteiger partial charge in [-0.3, -0.25) is 9.59 Å². The lowest BCUT2D eigenvalue weighted by molar-refractivity contribution is -0.157. The molecule has 5 heteroatoms. The van der Waals surface area contributed by atoms with Crippen LogP contribution in [0.5, 0.6) is 0 Å². The first-order valence-electron chi connectivity index (χ1n) is 6.33. The van der Waals surface area contributed by atoms with Crippen molar-refractivity contribution in [3.8, 4) is 0 Å². The van der Waals surface area contributed by atoms with Gasteiger partial charge in [0, 0.05) is 6.42 Å². The monoisotopic (exact) mass is 259 g/mol. The summed E-state index contributed by atoms with van der Waals surface area (Å²) < 4.78 is 10.2. The molecule has 0 bridgehead atoms. The lowest BCUT2D eigenvalue weighted by atomic mass is 10.1. The molecule has 106 valence electrons. The smallest absolute Gasteiger partial charge is 0.323 e. The maximum Gasteiger partial charge on any atom is 0.323 e. The molecule has 0 amide bonds. The van der Waals surface area contributed by atoms with Crippen molar-refractivity contribution in [3.63, 3.8) is 0 Å². The van der Waals surface area contributed by atoms with Crippen LogP contribution in [-0.2, 0) is 19.1 Å². The number of rotatable bonds is 6. The highest BCUT2D eigenvalue weighted by Crippen LogP contribution is 2.10. The fourth-order valence-electron chi connectivity index (χ4n) is 1.14. The largest absolute Gasteiger partial charge is 0.463 e. The van der Waals surface area contributed by atoms with E-state index in [1.807, 2.05) is 13.8 Å². The Morgan fingerprint density at radius 3 is 2.28 bits per heavy atom. The summed E-state index contributed by atoms with van der Waals surface area (Å²) in [6, 6.07) is -0.784. The van der Waals surface area contributed by atoms with Gasteiger partial charge in [-0.1, -0.05) is 6.92 Å². The first kappa shape index (κ1) is 16.9. The summed E-state index contributed by atoms with van der Waals surface area (Å²) in [4.78, 5) is 22.9. The molecule has 0 aromatic carbocycles. The molecular weight excluding hydrogens is 234 g/mol.